The first-order valence-electron chi connectivity index (χ1n) is 7.56. The van der Waals surface area contributed by atoms with Gasteiger partial charge in [0.1, 0.15) is 17.3 Å². The molecule has 1 aliphatic rings. The number of benzene rings is 1. The maximum Gasteiger partial charge on any atom is 0.352 e. The van der Waals surface area contributed by atoms with Gasteiger partial charge in [-0.3, -0.25) is 0 Å². The van der Waals surface area contributed by atoms with E-state index in [1.54, 1.807) is 44.3 Å². The van der Waals surface area contributed by atoms with E-state index in [1.807, 2.05) is 0 Å². The first-order valence-corrected chi connectivity index (χ1v) is 7.56. The molecule has 0 aliphatic carbocycles. The molecule has 0 amide bonds. The molecule has 1 aliphatic heterocycles. The highest BCUT2D eigenvalue weighted by Crippen LogP contribution is 2.32. The second-order valence-corrected chi connectivity index (χ2v) is 5.99. The fourth-order valence-corrected chi connectivity index (χ4v) is 2.27. The molecule has 0 spiro atoms. The monoisotopic (exact) mass is 350 g/mol. The van der Waals surface area contributed by atoms with Gasteiger partial charge in [-0.2, -0.15) is 0 Å². The predicted molar refractivity (Wildman–Crippen MR) is 90.1 cm³/mol. The zero-order valence-corrected chi connectivity index (χ0v) is 15.1. The number of hydrogen-bond donors (Lipinski definition) is 1. The number of rotatable bonds is 5. The molecule has 136 valence electrons. The standard InChI is InChI=1S/C17H22N2O6/c1-17(2)24-15(20)13(16(21)25-17)14(19(3)4)18-11-8-7-10(22-5)9-12(11)23-6/h7-9,18H,1-6H3. The summed E-state index contributed by atoms with van der Waals surface area (Å²) in [5.74, 6) is -1.49. The summed E-state index contributed by atoms with van der Waals surface area (Å²) in [4.78, 5) is 26.2. The second-order valence-electron chi connectivity index (χ2n) is 5.99. The lowest BCUT2D eigenvalue weighted by atomic mass is 10.2. The van der Waals surface area contributed by atoms with Crippen molar-refractivity contribution in [2.45, 2.75) is 19.6 Å². The molecular formula is C17H22N2O6. The molecule has 0 unspecified atom stereocenters. The zero-order chi connectivity index (χ0) is 18.8. The maximum atomic E-state index is 12.3. The Morgan fingerprint density at radius 3 is 2.16 bits per heavy atom. The molecule has 1 heterocycles. The van der Waals surface area contributed by atoms with Gasteiger partial charge >= 0.3 is 11.9 Å². The normalized spacial score (nSPS) is 15.8. The van der Waals surface area contributed by atoms with Gasteiger partial charge in [-0.1, -0.05) is 0 Å². The van der Waals surface area contributed by atoms with Crippen molar-refractivity contribution in [1.82, 2.24) is 4.90 Å². The zero-order valence-electron chi connectivity index (χ0n) is 15.1. The van der Waals surface area contributed by atoms with E-state index in [1.165, 1.54) is 21.0 Å². The quantitative estimate of drug-likeness (QED) is 0.488. The number of hydrogen-bond acceptors (Lipinski definition) is 8. The van der Waals surface area contributed by atoms with E-state index in [0.29, 0.717) is 17.2 Å². The molecule has 0 saturated carbocycles. The Morgan fingerprint density at radius 2 is 1.68 bits per heavy atom. The summed E-state index contributed by atoms with van der Waals surface area (Å²) >= 11 is 0. The van der Waals surface area contributed by atoms with Crippen LogP contribution in [0.1, 0.15) is 13.8 Å². The first kappa shape index (κ1) is 18.4. The summed E-state index contributed by atoms with van der Waals surface area (Å²) in [6.45, 7) is 2.99. The number of ether oxygens (including phenoxy) is 4. The van der Waals surface area contributed by atoms with Gasteiger partial charge in [0.05, 0.1) is 19.9 Å². The van der Waals surface area contributed by atoms with Gasteiger partial charge in [-0.25, -0.2) is 9.59 Å². The number of nitrogens with zero attached hydrogens (tertiary/aromatic N) is 1. The molecule has 8 nitrogen and oxygen atoms in total. The van der Waals surface area contributed by atoms with E-state index in [9.17, 15) is 9.59 Å². The minimum Gasteiger partial charge on any atom is -0.497 e. The molecule has 8 heteroatoms. The number of nitrogens with one attached hydrogen (secondary N) is 1. The van der Waals surface area contributed by atoms with Gasteiger partial charge in [-0.15, -0.1) is 0 Å². The molecule has 2 rings (SSSR count). The minimum atomic E-state index is -1.30. The Balaban J connectivity index is 2.46. The van der Waals surface area contributed by atoms with Crippen LogP contribution < -0.4 is 14.8 Å². The second kappa shape index (κ2) is 6.92. The van der Waals surface area contributed by atoms with E-state index < -0.39 is 17.7 Å². The van der Waals surface area contributed by atoms with Gasteiger partial charge in [0.25, 0.3) is 5.79 Å². The van der Waals surface area contributed by atoms with Crippen LogP contribution in [0.15, 0.2) is 29.6 Å². The van der Waals surface area contributed by atoms with E-state index in [4.69, 9.17) is 18.9 Å². The van der Waals surface area contributed by atoms with Crippen molar-refractivity contribution < 1.29 is 28.5 Å². The van der Waals surface area contributed by atoms with Crippen LogP contribution >= 0.6 is 0 Å². The third-order valence-corrected chi connectivity index (χ3v) is 3.43. The Labute approximate surface area is 146 Å². The van der Waals surface area contributed by atoms with Gasteiger partial charge in [-0.05, 0) is 12.1 Å². The van der Waals surface area contributed by atoms with E-state index in [-0.39, 0.29) is 11.4 Å². The van der Waals surface area contributed by atoms with Crippen LogP contribution in [0.5, 0.6) is 11.5 Å². The Kier molecular flexibility index (Phi) is 5.10. The third kappa shape index (κ3) is 3.96. The topological polar surface area (TPSA) is 86.3 Å². The van der Waals surface area contributed by atoms with E-state index in [0.717, 1.165) is 0 Å². The molecule has 1 N–H and O–H groups in total. The first-order chi connectivity index (χ1) is 11.7. The number of esters is 2. The Morgan fingerprint density at radius 1 is 1.08 bits per heavy atom. The minimum absolute atomic E-state index is 0.220. The van der Waals surface area contributed by atoms with Crippen LogP contribution in [0.25, 0.3) is 0 Å². The van der Waals surface area contributed by atoms with Crippen molar-refractivity contribution in [3.8, 4) is 11.5 Å². The molecule has 0 atom stereocenters. The summed E-state index contributed by atoms with van der Waals surface area (Å²) in [5.41, 5.74) is 0.326. The molecule has 1 saturated heterocycles. The highest BCUT2D eigenvalue weighted by atomic mass is 16.7. The van der Waals surface area contributed by atoms with Gasteiger partial charge in [0.15, 0.2) is 5.57 Å². The summed E-state index contributed by atoms with van der Waals surface area (Å²) in [6, 6.07) is 5.12. The summed E-state index contributed by atoms with van der Waals surface area (Å²) in [6.07, 6.45) is 0. The smallest absolute Gasteiger partial charge is 0.352 e. The number of carbonyl (C=O) groups excluding carboxylic acids is 2. The van der Waals surface area contributed by atoms with Crippen LogP contribution in [0.4, 0.5) is 5.69 Å². The maximum absolute atomic E-state index is 12.3. The van der Waals surface area contributed by atoms with Crippen molar-refractivity contribution in [3.63, 3.8) is 0 Å². The molecule has 25 heavy (non-hydrogen) atoms. The van der Waals surface area contributed by atoms with Crippen molar-refractivity contribution in [1.29, 1.82) is 0 Å². The average Bonchev–Trinajstić information content (AvgIpc) is 2.52. The number of cyclic esters (lactones) is 2. The largest absolute Gasteiger partial charge is 0.497 e. The Bertz CT molecular complexity index is 702. The van der Waals surface area contributed by atoms with Gasteiger partial charge in [0, 0.05) is 34.0 Å². The van der Waals surface area contributed by atoms with E-state index in [2.05, 4.69) is 5.32 Å². The molecule has 0 aromatic heterocycles. The van der Waals surface area contributed by atoms with Crippen LogP contribution in [0, 0.1) is 0 Å². The molecule has 1 aromatic rings. The number of anilines is 1. The van der Waals surface area contributed by atoms with Crippen molar-refractivity contribution in [3.05, 3.63) is 29.6 Å². The Hall–Kier alpha value is -2.90. The third-order valence-electron chi connectivity index (χ3n) is 3.43. The van der Waals surface area contributed by atoms with Crippen LogP contribution in [0.2, 0.25) is 0 Å². The number of carbonyl (C=O) groups is 2. The van der Waals surface area contributed by atoms with Crippen LogP contribution in [-0.2, 0) is 19.1 Å². The highest BCUT2D eigenvalue weighted by Gasteiger charge is 2.41. The van der Waals surface area contributed by atoms with Crippen LogP contribution in [0.3, 0.4) is 0 Å². The fraction of sp³-hybridized carbons (Fsp3) is 0.412. The summed E-state index contributed by atoms with van der Waals surface area (Å²) in [5, 5.41) is 3.03. The van der Waals surface area contributed by atoms with E-state index >= 15 is 0 Å². The van der Waals surface area contributed by atoms with Gasteiger partial charge < -0.3 is 29.2 Å². The fourth-order valence-electron chi connectivity index (χ4n) is 2.27. The molecule has 0 bridgehead atoms. The highest BCUT2D eigenvalue weighted by molar-refractivity contribution is 6.16. The lowest BCUT2D eigenvalue weighted by molar-refractivity contribution is -0.222. The lowest BCUT2D eigenvalue weighted by Gasteiger charge is -2.32. The SMILES string of the molecule is COc1ccc(NC(=C2C(=O)OC(C)(C)OC2=O)N(C)C)c(OC)c1. The van der Waals surface area contributed by atoms with Crippen molar-refractivity contribution in [2.75, 3.05) is 33.6 Å². The lowest BCUT2D eigenvalue weighted by Crippen LogP contribution is -2.44. The molecule has 0 radical (unpaired) electrons. The van der Waals surface area contributed by atoms with Gasteiger partial charge in [0.2, 0.25) is 0 Å². The summed E-state index contributed by atoms with van der Waals surface area (Å²) < 4.78 is 20.8. The van der Waals surface area contributed by atoms with Crippen molar-refractivity contribution >= 4 is 17.6 Å². The molecule has 1 fully saturated rings. The predicted octanol–water partition coefficient (Wildman–Crippen LogP) is 1.72. The molecular weight excluding hydrogens is 328 g/mol. The molecule has 1 aromatic carbocycles. The number of methoxy groups -OCH3 is 2. The summed E-state index contributed by atoms with van der Waals surface area (Å²) in [7, 11) is 6.43. The average molecular weight is 350 g/mol. The van der Waals surface area contributed by atoms with Crippen LogP contribution in [-0.4, -0.2) is 50.9 Å². The van der Waals surface area contributed by atoms with Crippen molar-refractivity contribution in [2.24, 2.45) is 0 Å².